The van der Waals surface area contributed by atoms with Crippen molar-refractivity contribution < 1.29 is 28.1 Å². The fourth-order valence-corrected chi connectivity index (χ4v) is 2.05. The monoisotopic (exact) mass is 320 g/mol. The number of rotatable bonds is 6. The first-order valence-corrected chi connectivity index (χ1v) is 6.80. The third-order valence-electron chi connectivity index (χ3n) is 3.21. The first-order valence-electron chi connectivity index (χ1n) is 6.80. The molecule has 0 N–H and O–H groups in total. The van der Waals surface area contributed by atoms with Crippen molar-refractivity contribution in [2.75, 3.05) is 21.3 Å². The summed E-state index contributed by atoms with van der Waals surface area (Å²) in [6.07, 6.45) is 0. The van der Waals surface area contributed by atoms with E-state index in [1.807, 2.05) is 0 Å². The first kappa shape index (κ1) is 16.6. The molecule has 0 saturated heterocycles. The molecule has 0 aliphatic heterocycles. The molecule has 0 atom stereocenters. The first-order chi connectivity index (χ1) is 11.1. The highest BCUT2D eigenvalue weighted by atomic mass is 19.1. The van der Waals surface area contributed by atoms with Gasteiger partial charge in [-0.15, -0.1) is 0 Å². The number of hydrogen-bond donors (Lipinski definition) is 0. The van der Waals surface area contributed by atoms with E-state index in [4.69, 9.17) is 14.2 Å². The summed E-state index contributed by atoms with van der Waals surface area (Å²) < 4.78 is 34.0. The summed E-state index contributed by atoms with van der Waals surface area (Å²) in [7, 11) is 4.27. The fraction of sp³-hybridized carbons (Fsp3) is 0.235. The zero-order valence-corrected chi connectivity index (χ0v) is 13.1. The maximum atomic E-state index is 13.3. The smallest absolute Gasteiger partial charge is 0.337 e. The Balaban J connectivity index is 2.20. The van der Waals surface area contributed by atoms with Crippen molar-refractivity contribution >= 4 is 5.97 Å². The van der Waals surface area contributed by atoms with Gasteiger partial charge in [-0.1, -0.05) is 0 Å². The van der Waals surface area contributed by atoms with Crippen LogP contribution in [0.15, 0.2) is 36.4 Å². The highest BCUT2D eigenvalue weighted by molar-refractivity contribution is 5.90. The van der Waals surface area contributed by atoms with E-state index in [1.54, 1.807) is 12.1 Å². The second-order valence-electron chi connectivity index (χ2n) is 4.60. The van der Waals surface area contributed by atoms with Gasteiger partial charge in [0, 0.05) is 5.56 Å². The summed E-state index contributed by atoms with van der Waals surface area (Å²) in [6, 6.07) is 8.86. The normalized spacial score (nSPS) is 10.1. The van der Waals surface area contributed by atoms with Gasteiger partial charge in [-0.2, -0.15) is 0 Å². The molecule has 0 radical (unpaired) electrons. The topological polar surface area (TPSA) is 54.0 Å². The van der Waals surface area contributed by atoms with E-state index in [9.17, 15) is 9.18 Å². The van der Waals surface area contributed by atoms with Crippen LogP contribution in [0.25, 0.3) is 0 Å². The third-order valence-corrected chi connectivity index (χ3v) is 3.21. The highest BCUT2D eigenvalue weighted by Crippen LogP contribution is 2.30. The summed E-state index contributed by atoms with van der Waals surface area (Å²) in [5, 5.41) is 0. The Morgan fingerprint density at radius 1 is 0.957 bits per heavy atom. The summed E-state index contributed by atoms with van der Waals surface area (Å²) in [4.78, 5) is 11.5. The number of hydrogen-bond acceptors (Lipinski definition) is 5. The molecule has 0 aliphatic rings. The largest absolute Gasteiger partial charge is 0.496 e. The SMILES string of the molecule is COC(=O)c1ccc(OCc2cc(F)ccc2OC)c(OC)c1. The molecule has 6 heteroatoms. The molecule has 0 saturated carbocycles. The van der Waals surface area contributed by atoms with Crippen LogP contribution in [0.1, 0.15) is 15.9 Å². The van der Waals surface area contributed by atoms with Crippen molar-refractivity contribution in [3.8, 4) is 17.2 Å². The molecule has 5 nitrogen and oxygen atoms in total. The lowest BCUT2D eigenvalue weighted by Gasteiger charge is -2.13. The van der Waals surface area contributed by atoms with Gasteiger partial charge in [0.25, 0.3) is 0 Å². The Hall–Kier alpha value is -2.76. The molecule has 0 unspecified atom stereocenters. The van der Waals surface area contributed by atoms with E-state index in [0.717, 1.165) is 0 Å². The van der Waals surface area contributed by atoms with E-state index >= 15 is 0 Å². The van der Waals surface area contributed by atoms with E-state index in [2.05, 4.69) is 4.74 Å². The Morgan fingerprint density at radius 2 is 1.65 bits per heavy atom. The van der Waals surface area contributed by atoms with Crippen LogP contribution in [0.4, 0.5) is 4.39 Å². The summed E-state index contributed by atoms with van der Waals surface area (Å²) in [5.74, 6) is 0.477. The van der Waals surface area contributed by atoms with Crippen LogP contribution in [-0.4, -0.2) is 27.3 Å². The minimum Gasteiger partial charge on any atom is -0.496 e. The van der Waals surface area contributed by atoms with Gasteiger partial charge in [0.1, 0.15) is 18.2 Å². The van der Waals surface area contributed by atoms with Crippen molar-refractivity contribution in [2.45, 2.75) is 6.61 Å². The maximum absolute atomic E-state index is 13.3. The molecule has 0 bridgehead atoms. The van der Waals surface area contributed by atoms with E-state index in [-0.39, 0.29) is 12.4 Å². The average Bonchev–Trinajstić information content (AvgIpc) is 2.59. The van der Waals surface area contributed by atoms with Crippen LogP contribution in [0.2, 0.25) is 0 Å². The van der Waals surface area contributed by atoms with Crippen molar-refractivity contribution in [2.24, 2.45) is 0 Å². The lowest BCUT2D eigenvalue weighted by Crippen LogP contribution is -2.04. The fourth-order valence-electron chi connectivity index (χ4n) is 2.05. The maximum Gasteiger partial charge on any atom is 0.337 e. The molecule has 0 aromatic heterocycles. The zero-order valence-electron chi connectivity index (χ0n) is 13.1. The van der Waals surface area contributed by atoms with Gasteiger partial charge in [0.15, 0.2) is 11.5 Å². The molecular weight excluding hydrogens is 303 g/mol. The van der Waals surface area contributed by atoms with Gasteiger partial charge in [0.05, 0.1) is 26.9 Å². The van der Waals surface area contributed by atoms with Gasteiger partial charge in [0.2, 0.25) is 0 Å². The molecule has 0 aliphatic carbocycles. The summed E-state index contributed by atoms with van der Waals surface area (Å²) in [6.45, 7) is 0.0921. The number of carbonyl (C=O) groups excluding carboxylic acids is 1. The molecule has 2 rings (SSSR count). The quantitative estimate of drug-likeness (QED) is 0.765. The molecule has 122 valence electrons. The van der Waals surface area contributed by atoms with Crippen LogP contribution >= 0.6 is 0 Å². The van der Waals surface area contributed by atoms with Crippen LogP contribution in [0, 0.1) is 5.82 Å². The molecule has 2 aromatic rings. The average molecular weight is 320 g/mol. The predicted molar refractivity (Wildman–Crippen MR) is 81.6 cm³/mol. The molecule has 0 amide bonds. The van der Waals surface area contributed by atoms with Crippen molar-refractivity contribution in [3.63, 3.8) is 0 Å². The number of ether oxygens (including phenoxy) is 4. The lowest BCUT2D eigenvalue weighted by atomic mass is 10.2. The molecular formula is C17H17FO5. The van der Waals surface area contributed by atoms with Gasteiger partial charge in [-0.25, -0.2) is 9.18 Å². The minimum absolute atomic E-state index is 0.0921. The molecule has 0 spiro atoms. The van der Waals surface area contributed by atoms with Gasteiger partial charge in [-0.05, 0) is 36.4 Å². The molecule has 2 aromatic carbocycles. The summed E-state index contributed by atoms with van der Waals surface area (Å²) >= 11 is 0. The van der Waals surface area contributed by atoms with Crippen LogP contribution in [0.3, 0.4) is 0 Å². The lowest BCUT2D eigenvalue weighted by molar-refractivity contribution is 0.0600. The van der Waals surface area contributed by atoms with Crippen molar-refractivity contribution in [3.05, 3.63) is 53.3 Å². The van der Waals surface area contributed by atoms with E-state index < -0.39 is 5.97 Å². The van der Waals surface area contributed by atoms with E-state index in [1.165, 1.54) is 45.6 Å². The Kier molecular flexibility index (Phi) is 5.41. The predicted octanol–water partition coefficient (Wildman–Crippen LogP) is 3.21. The van der Waals surface area contributed by atoms with Gasteiger partial charge < -0.3 is 18.9 Å². The van der Waals surface area contributed by atoms with Crippen LogP contribution in [-0.2, 0) is 11.3 Å². The minimum atomic E-state index is -0.471. The van der Waals surface area contributed by atoms with Crippen molar-refractivity contribution in [1.82, 2.24) is 0 Å². The number of methoxy groups -OCH3 is 3. The highest BCUT2D eigenvalue weighted by Gasteiger charge is 2.12. The summed E-state index contributed by atoms with van der Waals surface area (Å²) in [5.41, 5.74) is 0.909. The van der Waals surface area contributed by atoms with Crippen LogP contribution in [0.5, 0.6) is 17.2 Å². The second kappa shape index (κ2) is 7.49. The Labute approximate surface area is 133 Å². The zero-order chi connectivity index (χ0) is 16.8. The number of halogens is 1. The van der Waals surface area contributed by atoms with Crippen molar-refractivity contribution in [1.29, 1.82) is 0 Å². The molecule has 0 fully saturated rings. The third kappa shape index (κ3) is 3.91. The second-order valence-corrected chi connectivity index (χ2v) is 4.60. The Bertz CT molecular complexity index is 699. The molecule has 0 heterocycles. The number of benzene rings is 2. The van der Waals surface area contributed by atoms with E-state index in [0.29, 0.717) is 28.4 Å². The number of carbonyl (C=O) groups is 1. The standard InChI is InChI=1S/C17H17FO5/c1-20-14-7-5-13(18)8-12(14)10-23-15-6-4-11(17(19)22-3)9-16(15)21-2/h4-9H,10H2,1-3H3. The van der Waals surface area contributed by atoms with Gasteiger partial charge in [-0.3, -0.25) is 0 Å². The Morgan fingerprint density at radius 3 is 2.30 bits per heavy atom. The van der Waals surface area contributed by atoms with Crippen LogP contribution < -0.4 is 14.2 Å². The molecule has 23 heavy (non-hydrogen) atoms. The van der Waals surface area contributed by atoms with Gasteiger partial charge >= 0.3 is 5.97 Å². The number of esters is 1.